The van der Waals surface area contributed by atoms with Gasteiger partial charge in [-0.2, -0.15) is 10.1 Å². The molecule has 3 heterocycles. The van der Waals surface area contributed by atoms with Crippen molar-refractivity contribution in [2.24, 2.45) is 0 Å². The van der Waals surface area contributed by atoms with E-state index in [1.165, 1.54) is 27.8 Å². The molecule has 0 bridgehead atoms. The molecule has 0 radical (unpaired) electrons. The van der Waals surface area contributed by atoms with Crippen LogP contribution in [0.4, 0.5) is 10.1 Å². The molecule has 3 aromatic rings. The molecule has 2 aliphatic rings. The lowest BCUT2D eigenvalue weighted by atomic mass is 9.95. The van der Waals surface area contributed by atoms with Crippen LogP contribution in [0, 0.1) is 5.82 Å². The Labute approximate surface area is 175 Å². The topological polar surface area (TPSA) is 105 Å². The minimum Gasteiger partial charge on any atom is -0.481 e. The first-order valence-electron chi connectivity index (χ1n) is 9.83. The Balaban J connectivity index is 1.83. The van der Waals surface area contributed by atoms with E-state index in [9.17, 15) is 23.9 Å². The van der Waals surface area contributed by atoms with Crippen LogP contribution in [0.1, 0.15) is 25.7 Å². The highest BCUT2D eigenvalue weighted by Gasteiger charge is 2.53. The Kier molecular flexibility index (Phi) is 4.21. The van der Waals surface area contributed by atoms with Crippen molar-refractivity contribution >= 4 is 17.6 Å². The first-order chi connectivity index (χ1) is 14.9. The molecular weight excluding hydrogens is 403 g/mol. The summed E-state index contributed by atoms with van der Waals surface area (Å²) in [6.45, 7) is 0. The van der Waals surface area contributed by atoms with Gasteiger partial charge in [0.05, 0.1) is 5.69 Å². The highest BCUT2D eigenvalue weighted by molar-refractivity contribution is 6.01. The standard InChI is InChI=1S/C22H17FN4O4/c23-14-6-7-16-15(12-14)20-24-21(31)19(13-4-2-1-3-5-13)25-27(20)22(11-9-18(29)30)10-8-17(28)26(16)22/h1-7,12H,8-11H2,(H,29,30)/t22-/m1/s1. The monoisotopic (exact) mass is 420 g/mol. The van der Waals surface area contributed by atoms with Gasteiger partial charge in [-0.1, -0.05) is 30.3 Å². The van der Waals surface area contributed by atoms with Gasteiger partial charge in [-0.05, 0) is 18.2 Å². The van der Waals surface area contributed by atoms with E-state index in [4.69, 9.17) is 0 Å². The van der Waals surface area contributed by atoms with Gasteiger partial charge in [0.2, 0.25) is 5.91 Å². The van der Waals surface area contributed by atoms with Crippen molar-refractivity contribution in [1.82, 2.24) is 14.8 Å². The Morgan fingerprint density at radius 1 is 1.16 bits per heavy atom. The first-order valence-corrected chi connectivity index (χ1v) is 9.83. The number of hydrogen-bond donors (Lipinski definition) is 1. The smallest absolute Gasteiger partial charge is 0.303 e. The van der Waals surface area contributed by atoms with E-state index >= 15 is 0 Å². The molecule has 0 spiro atoms. The van der Waals surface area contributed by atoms with Crippen LogP contribution < -0.4 is 10.5 Å². The molecule has 2 aromatic carbocycles. The number of carbonyl (C=O) groups excluding carboxylic acids is 1. The van der Waals surface area contributed by atoms with E-state index in [0.29, 0.717) is 17.7 Å². The molecule has 0 unspecified atom stereocenters. The summed E-state index contributed by atoms with van der Waals surface area (Å²) in [5.74, 6) is -1.66. The number of fused-ring (bicyclic) bond motifs is 6. The summed E-state index contributed by atoms with van der Waals surface area (Å²) in [6.07, 6.45) is 0.330. The van der Waals surface area contributed by atoms with E-state index in [2.05, 4.69) is 10.1 Å². The Morgan fingerprint density at radius 3 is 2.68 bits per heavy atom. The minimum atomic E-state index is -1.14. The minimum absolute atomic E-state index is 0.0731. The van der Waals surface area contributed by atoms with E-state index in [0.717, 1.165) is 0 Å². The van der Waals surface area contributed by atoms with Crippen molar-refractivity contribution in [3.05, 3.63) is 64.7 Å². The summed E-state index contributed by atoms with van der Waals surface area (Å²) in [5.41, 5.74) is -0.428. The lowest BCUT2D eigenvalue weighted by Crippen LogP contribution is -2.53. The van der Waals surface area contributed by atoms with Gasteiger partial charge in [-0.25, -0.2) is 9.07 Å². The largest absolute Gasteiger partial charge is 0.481 e. The maximum atomic E-state index is 14.1. The first kappa shape index (κ1) is 19.1. The van der Waals surface area contributed by atoms with E-state index < -0.39 is 23.0 Å². The molecule has 9 heteroatoms. The van der Waals surface area contributed by atoms with Crippen LogP contribution in [0.25, 0.3) is 22.6 Å². The van der Waals surface area contributed by atoms with Gasteiger partial charge in [0.25, 0.3) is 5.56 Å². The van der Waals surface area contributed by atoms with E-state index in [-0.39, 0.29) is 42.3 Å². The second-order valence-corrected chi connectivity index (χ2v) is 7.63. The van der Waals surface area contributed by atoms with Crippen molar-refractivity contribution in [3.8, 4) is 22.6 Å². The number of hydrogen-bond acceptors (Lipinski definition) is 5. The van der Waals surface area contributed by atoms with Crippen molar-refractivity contribution in [2.45, 2.75) is 31.3 Å². The van der Waals surface area contributed by atoms with Crippen LogP contribution >= 0.6 is 0 Å². The van der Waals surface area contributed by atoms with Crippen LogP contribution in [-0.2, 0) is 15.3 Å². The molecule has 31 heavy (non-hydrogen) atoms. The molecule has 0 saturated carbocycles. The maximum absolute atomic E-state index is 14.1. The number of aromatic nitrogens is 3. The SMILES string of the molecule is O=C(O)CC[C@]12CCC(=O)N1c1ccc(F)cc1-c1nc(=O)c(-c3ccccc3)nn12. The Morgan fingerprint density at radius 2 is 1.94 bits per heavy atom. The summed E-state index contributed by atoms with van der Waals surface area (Å²) >= 11 is 0. The number of rotatable bonds is 4. The second-order valence-electron chi connectivity index (χ2n) is 7.63. The van der Waals surface area contributed by atoms with Gasteiger partial charge in [-0.15, -0.1) is 0 Å². The zero-order valence-electron chi connectivity index (χ0n) is 16.3. The van der Waals surface area contributed by atoms with E-state index in [1.807, 2.05) is 0 Å². The maximum Gasteiger partial charge on any atom is 0.303 e. The van der Waals surface area contributed by atoms with Gasteiger partial charge in [0.1, 0.15) is 11.5 Å². The fourth-order valence-corrected chi connectivity index (χ4v) is 4.48. The van der Waals surface area contributed by atoms with Gasteiger partial charge in [0, 0.05) is 36.8 Å². The van der Waals surface area contributed by atoms with Crippen LogP contribution in [0.3, 0.4) is 0 Å². The van der Waals surface area contributed by atoms with Crippen molar-refractivity contribution in [2.75, 3.05) is 4.90 Å². The number of halogens is 1. The molecule has 5 rings (SSSR count). The molecular formula is C22H17FN4O4. The van der Waals surface area contributed by atoms with Crippen LogP contribution in [0.2, 0.25) is 0 Å². The summed E-state index contributed by atoms with van der Waals surface area (Å²) in [7, 11) is 0. The average Bonchev–Trinajstić information content (AvgIpc) is 3.10. The van der Waals surface area contributed by atoms with E-state index in [1.54, 1.807) is 30.3 Å². The Hall–Kier alpha value is -3.88. The summed E-state index contributed by atoms with van der Waals surface area (Å²) in [5, 5.41) is 13.9. The van der Waals surface area contributed by atoms with Crippen LogP contribution in [-0.4, -0.2) is 31.7 Å². The number of carboxylic acids is 1. The number of benzene rings is 2. The van der Waals surface area contributed by atoms with Gasteiger partial charge < -0.3 is 5.11 Å². The summed E-state index contributed by atoms with van der Waals surface area (Å²) < 4.78 is 15.6. The zero-order valence-corrected chi connectivity index (χ0v) is 16.3. The fraction of sp³-hybridized carbons (Fsp3) is 0.227. The number of nitrogens with zero attached hydrogens (tertiary/aromatic N) is 4. The van der Waals surface area contributed by atoms with Gasteiger partial charge in [0.15, 0.2) is 11.5 Å². The molecule has 1 fully saturated rings. The Bertz CT molecular complexity index is 1290. The number of amides is 1. The van der Waals surface area contributed by atoms with Crippen molar-refractivity contribution in [3.63, 3.8) is 0 Å². The van der Waals surface area contributed by atoms with Crippen LogP contribution in [0.5, 0.6) is 0 Å². The molecule has 0 aliphatic carbocycles. The fourth-order valence-electron chi connectivity index (χ4n) is 4.48. The zero-order chi connectivity index (χ0) is 21.8. The predicted octanol–water partition coefficient (Wildman–Crippen LogP) is 2.77. The van der Waals surface area contributed by atoms with Gasteiger partial charge >= 0.3 is 5.97 Å². The lowest BCUT2D eigenvalue weighted by Gasteiger charge is -2.44. The third-order valence-corrected chi connectivity index (χ3v) is 5.84. The number of aliphatic carboxylic acids is 1. The van der Waals surface area contributed by atoms with Crippen molar-refractivity contribution < 1.29 is 19.1 Å². The highest BCUT2D eigenvalue weighted by Crippen LogP contribution is 2.50. The quantitative estimate of drug-likeness (QED) is 0.696. The van der Waals surface area contributed by atoms with Crippen LogP contribution in [0.15, 0.2) is 53.3 Å². The molecule has 2 aliphatic heterocycles. The molecule has 156 valence electrons. The third kappa shape index (κ3) is 2.84. The molecule has 1 amide bonds. The second kappa shape index (κ2) is 6.83. The molecule has 1 saturated heterocycles. The molecule has 1 atom stereocenters. The number of carboxylic acid groups (broad SMARTS) is 1. The molecule has 1 N–H and O–H groups in total. The predicted molar refractivity (Wildman–Crippen MR) is 109 cm³/mol. The number of anilines is 1. The summed E-state index contributed by atoms with van der Waals surface area (Å²) in [6, 6.07) is 12.7. The lowest BCUT2D eigenvalue weighted by molar-refractivity contribution is -0.137. The summed E-state index contributed by atoms with van der Waals surface area (Å²) in [4.78, 5) is 42.9. The molecule has 1 aromatic heterocycles. The average molecular weight is 420 g/mol. The normalized spacial score (nSPS) is 19.0. The van der Waals surface area contributed by atoms with Gasteiger partial charge in [-0.3, -0.25) is 19.3 Å². The highest BCUT2D eigenvalue weighted by atomic mass is 19.1. The third-order valence-electron chi connectivity index (χ3n) is 5.84. The molecule has 8 nitrogen and oxygen atoms in total. The number of carbonyl (C=O) groups is 2. The van der Waals surface area contributed by atoms with Crippen molar-refractivity contribution in [1.29, 1.82) is 0 Å².